The summed E-state index contributed by atoms with van der Waals surface area (Å²) in [4.78, 5) is 38.3. The van der Waals surface area contributed by atoms with Gasteiger partial charge in [0.1, 0.15) is 17.5 Å². The van der Waals surface area contributed by atoms with Crippen LogP contribution in [0.3, 0.4) is 0 Å². The monoisotopic (exact) mass is 512 g/mol. The Kier molecular flexibility index (Phi) is 11.3. The van der Waals surface area contributed by atoms with Crippen molar-refractivity contribution in [1.82, 2.24) is 9.80 Å². The van der Waals surface area contributed by atoms with Crippen molar-refractivity contribution in [1.29, 1.82) is 0 Å². The highest BCUT2D eigenvalue weighted by atomic mass is 16.6. The first-order chi connectivity index (χ1) is 16.3. The summed E-state index contributed by atoms with van der Waals surface area (Å²) in [6, 6.07) is 0. The Morgan fingerprint density at radius 1 is 0.833 bits per heavy atom. The number of aliphatic hydroxyl groups excluding tert-OH is 1. The Balaban J connectivity index is 0.000000360. The lowest BCUT2D eigenvalue weighted by Crippen LogP contribution is -2.45. The molecular formula is C28H52N2O6. The molecule has 0 aromatic heterocycles. The molecule has 2 saturated heterocycles. The van der Waals surface area contributed by atoms with E-state index in [2.05, 4.69) is 27.7 Å². The van der Waals surface area contributed by atoms with Crippen molar-refractivity contribution in [3.63, 3.8) is 0 Å². The predicted molar refractivity (Wildman–Crippen MR) is 142 cm³/mol. The first-order valence-electron chi connectivity index (χ1n) is 13.4. The number of likely N-dealkylation sites (tertiary alicyclic amines) is 2. The fourth-order valence-electron chi connectivity index (χ4n) is 5.12. The molecule has 2 amide bonds. The highest BCUT2D eigenvalue weighted by molar-refractivity contribution is 5.70. The predicted octanol–water partition coefficient (Wildman–Crippen LogP) is 5.80. The fraction of sp³-hybridized carbons (Fsp3) is 0.893. The van der Waals surface area contributed by atoms with E-state index in [1.807, 2.05) is 46.4 Å². The number of ether oxygens (including phenoxy) is 2. The van der Waals surface area contributed by atoms with Crippen molar-refractivity contribution in [3.8, 4) is 0 Å². The van der Waals surface area contributed by atoms with Gasteiger partial charge in [0.05, 0.1) is 0 Å². The molecule has 8 nitrogen and oxygen atoms in total. The second kappa shape index (κ2) is 12.6. The Morgan fingerprint density at radius 3 is 1.56 bits per heavy atom. The zero-order valence-corrected chi connectivity index (χ0v) is 24.5. The molecule has 210 valence electrons. The van der Waals surface area contributed by atoms with E-state index in [-0.39, 0.29) is 29.9 Å². The number of nitrogens with zero attached hydrogens (tertiary/aromatic N) is 2. The van der Waals surface area contributed by atoms with Crippen LogP contribution in [0, 0.1) is 11.8 Å². The van der Waals surface area contributed by atoms with Gasteiger partial charge in [0.2, 0.25) is 0 Å². The number of aliphatic hydroxyl groups is 1. The van der Waals surface area contributed by atoms with E-state index in [1.165, 1.54) is 0 Å². The highest BCUT2D eigenvalue weighted by Gasteiger charge is 2.43. The molecule has 2 heterocycles. The molecule has 0 saturated carbocycles. The summed E-state index contributed by atoms with van der Waals surface area (Å²) in [6.07, 6.45) is 5.59. The molecule has 0 aromatic carbocycles. The fourth-order valence-corrected chi connectivity index (χ4v) is 5.12. The van der Waals surface area contributed by atoms with E-state index in [0.717, 1.165) is 44.9 Å². The number of hydrogen-bond donors (Lipinski definition) is 1. The summed E-state index contributed by atoms with van der Waals surface area (Å²) < 4.78 is 10.9. The number of aldehydes is 1. The maximum absolute atomic E-state index is 12.2. The van der Waals surface area contributed by atoms with Gasteiger partial charge in [-0.05, 0) is 113 Å². The lowest BCUT2D eigenvalue weighted by Gasteiger charge is -2.33. The number of carbonyl (C=O) groups excluding carboxylic acids is 3. The van der Waals surface area contributed by atoms with Gasteiger partial charge in [-0.3, -0.25) is 0 Å². The first-order valence-corrected chi connectivity index (χ1v) is 13.4. The van der Waals surface area contributed by atoms with Crippen LogP contribution in [0.15, 0.2) is 0 Å². The molecule has 0 aromatic rings. The first kappa shape index (κ1) is 32.2. The zero-order valence-electron chi connectivity index (χ0n) is 24.5. The van der Waals surface area contributed by atoms with Crippen molar-refractivity contribution in [3.05, 3.63) is 0 Å². The molecule has 1 N–H and O–H groups in total. The van der Waals surface area contributed by atoms with Crippen LogP contribution in [0.5, 0.6) is 0 Å². The molecule has 0 bridgehead atoms. The molecule has 2 atom stereocenters. The molecule has 36 heavy (non-hydrogen) atoms. The molecule has 0 spiro atoms. The van der Waals surface area contributed by atoms with Crippen LogP contribution < -0.4 is 0 Å². The lowest BCUT2D eigenvalue weighted by atomic mass is 9.93. The van der Waals surface area contributed by atoms with Gasteiger partial charge in [-0.1, -0.05) is 0 Å². The Hall–Kier alpha value is -1.83. The third kappa shape index (κ3) is 10.7. The van der Waals surface area contributed by atoms with Crippen molar-refractivity contribution in [2.45, 2.75) is 130 Å². The van der Waals surface area contributed by atoms with Crippen LogP contribution in [-0.4, -0.2) is 75.4 Å². The summed E-state index contributed by atoms with van der Waals surface area (Å²) >= 11 is 0. The molecule has 8 heteroatoms. The topological polar surface area (TPSA) is 96.4 Å². The van der Waals surface area contributed by atoms with Crippen LogP contribution >= 0.6 is 0 Å². The third-order valence-electron chi connectivity index (χ3n) is 6.61. The second-order valence-electron chi connectivity index (χ2n) is 13.6. The summed E-state index contributed by atoms with van der Waals surface area (Å²) in [6.45, 7) is 21.2. The van der Waals surface area contributed by atoms with E-state index in [9.17, 15) is 14.4 Å². The largest absolute Gasteiger partial charge is 0.444 e. The standard InChI is InChI=1S/C14H27NO3.C14H25NO3/c2*1-13(2,3)18-12(17)15-10-11(7-6-8-16)9-14(15,4)5/h11,16H,6-10H2,1-5H3;8,11H,6-7,9-10H2,1-5H3. The SMILES string of the molecule is CC(C)(C)OC(=O)N1CC(CCC=O)CC1(C)C.CC(C)(C)OC(=O)N1CC(CCCO)CC1(C)C. The van der Waals surface area contributed by atoms with Gasteiger partial charge < -0.3 is 29.2 Å². The van der Waals surface area contributed by atoms with E-state index in [0.29, 0.717) is 24.8 Å². The number of rotatable bonds is 6. The van der Waals surface area contributed by atoms with Crippen LogP contribution in [0.1, 0.15) is 108 Å². The number of amides is 2. The van der Waals surface area contributed by atoms with Crippen LogP contribution in [0.4, 0.5) is 9.59 Å². The van der Waals surface area contributed by atoms with Crippen molar-refractivity contribution in [2.75, 3.05) is 19.7 Å². The normalized spacial score (nSPS) is 23.1. The minimum Gasteiger partial charge on any atom is -0.444 e. The Labute approximate surface area is 219 Å². The Morgan fingerprint density at radius 2 is 1.22 bits per heavy atom. The Bertz CT molecular complexity index is 735. The molecule has 2 aliphatic rings. The second-order valence-corrected chi connectivity index (χ2v) is 13.6. The van der Waals surface area contributed by atoms with Crippen molar-refractivity contribution < 1.29 is 29.0 Å². The van der Waals surface area contributed by atoms with Crippen molar-refractivity contribution >= 4 is 18.5 Å². The molecule has 2 fully saturated rings. The van der Waals surface area contributed by atoms with Gasteiger partial charge in [0, 0.05) is 37.2 Å². The average Bonchev–Trinajstić information content (AvgIpc) is 3.17. The molecule has 2 rings (SSSR count). The molecule has 0 aliphatic carbocycles. The third-order valence-corrected chi connectivity index (χ3v) is 6.61. The zero-order chi connectivity index (χ0) is 27.9. The van der Waals surface area contributed by atoms with E-state index in [1.54, 1.807) is 4.90 Å². The average molecular weight is 513 g/mol. The van der Waals surface area contributed by atoms with Gasteiger partial charge in [-0.15, -0.1) is 0 Å². The molecule has 0 radical (unpaired) electrons. The summed E-state index contributed by atoms with van der Waals surface area (Å²) in [7, 11) is 0. The van der Waals surface area contributed by atoms with Gasteiger partial charge in [-0.2, -0.15) is 0 Å². The van der Waals surface area contributed by atoms with Crippen molar-refractivity contribution in [2.24, 2.45) is 11.8 Å². The van der Waals surface area contributed by atoms with Gasteiger partial charge in [-0.25, -0.2) is 9.59 Å². The van der Waals surface area contributed by atoms with E-state index in [4.69, 9.17) is 14.6 Å². The minimum absolute atomic E-state index is 0.150. The smallest absolute Gasteiger partial charge is 0.410 e. The summed E-state index contributed by atoms with van der Waals surface area (Å²) in [5.41, 5.74) is -1.25. The molecule has 2 aliphatic heterocycles. The van der Waals surface area contributed by atoms with E-state index < -0.39 is 11.2 Å². The highest BCUT2D eigenvalue weighted by Crippen LogP contribution is 2.37. The number of carbonyl (C=O) groups is 3. The lowest BCUT2D eigenvalue weighted by molar-refractivity contribution is -0.108. The minimum atomic E-state index is -0.464. The maximum atomic E-state index is 12.2. The summed E-state index contributed by atoms with van der Waals surface area (Å²) in [5, 5.41) is 8.88. The van der Waals surface area contributed by atoms with E-state index >= 15 is 0 Å². The summed E-state index contributed by atoms with van der Waals surface area (Å²) in [5.74, 6) is 0.873. The van der Waals surface area contributed by atoms with Crippen LogP contribution in [0.25, 0.3) is 0 Å². The van der Waals surface area contributed by atoms with Gasteiger partial charge in [0.25, 0.3) is 0 Å². The van der Waals surface area contributed by atoms with Crippen LogP contribution in [0.2, 0.25) is 0 Å². The van der Waals surface area contributed by atoms with Gasteiger partial charge >= 0.3 is 12.2 Å². The van der Waals surface area contributed by atoms with Crippen LogP contribution in [-0.2, 0) is 14.3 Å². The molecule has 2 unspecified atom stereocenters. The molecular weight excluding hydrogens is 460 g/mol. The maximum Gasteiger partial charge on any atom is 0.410 e. The number of hydrogen-bond acceptors (Lipinski definition) is 6. The van der Waals surface area contributed by atoms with Gasteiger partial charge in [0.15, 0.2) is 0 Å². The quantitative estimate of drug-likeness (QED) is 0.452.